The van der Waals surface area contributed by atoms with Gasteiger partial charge in [0.05, 0.1) is 5.69 Å². The number of rotatable bonds is 1. The van der Waals surface area contributed by atoms with Gasteiger partial charge in [0.25, 0.3) is 0 Å². The molecule has 0 N–H and O–H groups in total. The summed E-state index contributed by atoms with van der Waals surface area (Å²) in [4.78, 5) is 16.8. The fourth-order valence-electron chi connectivity index (χ4n) is 3.34. The molecule has 0 spiro atoms. The van der Waals surface area contributed by atoms with Crippen molar-refractivity contribution in [1.29, 1.82) is 0 Å². The van der Waals surface area contributed by atoms with Gasteiger partial charge in [0.1, 0.15) is 12.1 Å². The third-order valence-electron chi connectivity index (χ3n) is 5.34. The van der Waals surface area contributed by atoms with E-state index in [-0.39, 0.29) is 29.8 Å². The molecule has 180 valence electrons. The molecule has 7 heteroatoms. The van der Waals surface area contributed by atoms with E-state index in [9.17, 15) is 4.39 Å². The highest BCUT2D eigenvalue weighted by molar-refractivity contribution is 14.0. The Morgan fingerprint density at radius 2 is 1.62 bits per heavy atom. The number of ether oxygens (including phenoxy) is 1. The van der Waals surface area contributed by atoms with Crippen LogP contribution >= 0.6 is 24.0 Å². The van der Waals surface area contributed by atoms with Crippen LogP contribution in [0.3, 0.4) is 0 Å². The molecule has 0 aliphatic carbocycles. The predicted molar refractivity (Wildman–Crippen MR) is 146 cm³/mol. The fourth-order valence-corrected chi connectivity index (χ4v) is 3.34. The van der Waals surface area contributed by atoms with E-state index in [4.69, 9.17) is 4.74 Å². The minimum atomic E-state index is -0.275. The molecular formula is C27H32FIN4O. The summed E-state index contributed by atoms with van der Waals surface area (Å²) in [6.07, 6.45) is 7.15. The monoisotopic (exact) mass is 574 g/mol. The summed E-state index contributed by atoms with van der Waals surface area (Å²) in [5.41, 5.74) is 5.58. The lowest BCUT2D eigenvalue weighted by Gasteiger charge is -2.08. The molecule has 0 radical (unpaired) electrons. The smallest absolute Gasteiger partial charge is 0.163 e. The molecule has 1 aliphatic rings. The topological polar surface area (TPSA) is 60.8 Å². The largest absolute Gasteiger partial charge is 0.381 e. The molecule has 0 amide bonds. The zero-order chi connectivity index (χ0) is 23.6. The van der Waals surface area contributed by atoms with Gasteiger partial charge in [0, 0.05) is 41.7 Å². The van der Waals surface area contributed by atoms with Crippen molar-refractivity contribution >= 4 is 35.0 Å². The Bertz CT molecular complexity index is 1170. The van der Waals surface area contributed by atoms with E-state index in [1.807, 2.05) is 58.0 Å². The van der Waals surface area contributed by atoms with E-state index < -0.39 is 0 Å². The van der Waals surface area contributed by atoms with Crippen molar-refractivity contribution in [3.63, 3.8) is 0 Å². The van der Waals surface area contributed by atoms with E-state index in [0.29, 0.717) is 16.9 Å². The standard InChI is InChI=1S/C16H14FN3.C6H7N.C5H10O.HI/c1-9-4-5-12(14(17)6-9)15-13-7-10(2)11(3)20-16(13)19-8-18-15;1-6-4-2-3-5-7-6;1-2-4-6-5-3-1;/h4-8H,1-3H3;2-5H,1H3;1-5H2;1H. The van der Waals surface area contributed by atoms with E-state index in [2.05, 4.69) is 19.9 Å². The summed E-state index contributed by atoms with van der Waals surface area (Å²) in [6, 6.07) is 13.0. The number of nitrogens with zero attached hydrogens (tertiary/aromatic N) is 4. The molecule has 0 bridgehead atoms. The SMILES string of the molecule is C1CCOCC1.Cc1ccc(-c2ncnc3nc(C)c(C)cc23)c(F)c1.Cc1ccccn1.I. The van der Waals surface area contributed by atoms with Crippen molar-refractivity contribution in [1.82, 2.24) is 19.9 Å². The molecule has 0 atom stereocenters. The normalized spacial score (nSPS) is 12.5. The van der Waals surface area contributed by atoms with E-state index in [1.165, 1.54) is 31.7 Å². The lowest BCUT2D eigenvalue weighted by atomic mass is 10.0. The summed E-state index contributed by atoms with van der Waals surface area (Å²) in [7, 11) is 0. The molecule has 5 nitrogen and oxygen atoms in total. The predicted octanol–water partition coefficient (Wildman–Crippen LogP) is 6.95. The molecule has 1 aromatic carbocycles. The van der Waals surface area contributed by atoms with Crippen LogP contribution in [-0.4, -0.2) is 33.1 Å². The molecule has 34 heavy (non-hydrogen) atoms. The Labute approximate surface area is 218 Å². The van der Waals surface area contributed by atoms with Crippen LogP contribution in [0.4, 0.5) is 4.39 Å². The van der Waals surface area contributed by atoms with Crippen molar-refractivity contribution < 1.29 is 9.13 Å². The number of pyridine rings is 2. The van der Waals surface area contributed by atoms with Crippen LogP contribution < -0.4 is 0 Å². The van der Waals surface area contributed by atoms with Gasteiger partial charge in [0.2, 0.25) is 0 Å². The van der Waals surface area contributed by atoms with E-state index >= 15 is 0 Å². The second-order valence-corrected chi connectivity index (χ2v) is 8.11. The molecule has 1 aliphatic heterocycles. The van der Waals surface area contributed by atoms with Gasteiger partial charge in [-0.15, -0.1) is 24.0 Å². The molecular weight excluding hydrogens is 542 g/mol. The number of aromatic nitrogens is 4. The van der Waals surface area contributed by atoms with Crippen molar-refractivity contribution in [3.05, 3.63) is 83.3 Å². The first-order valence-electron chi connectivity index (χ1n) is 11.3. The van der Waals surface area contributed by atoms with Gasteiger partial charge in [0.15, 0.2) is 5.65 Å². The van der Waals surface area contributed by atoms with Gasteiger partial charge >= 0.3 is 0 Å². The van der Waals surface area contributed by atoms with Crippen LogP contribution in [-0.2, 0) is 4.74 Å². The van der Waals surface area contributed by atoms with Gasteiger partial charge < -0.3 is 4.74 Å². The second-order valence-electron chi connectivity index (χ2n) is 8.11. The Morgan fingerprint density at radius 1 is 0.853 bits per heavy atom. The third-order valence-corrected chi connectivity index (χ3v) is 5.34. The summed E-state index contributed by atoms with van der Waals surface area (Å²) < 4.78 is 19.2. The minimum absolute atomic E-state index is 0. The molecule has 3 aromatic heterocycles. The fraction of sp³-hybridized carbons (Fsp3) is 0.333. The lowest BCUT2D eigenvalue weighted by molar-refractivity contribution is 0.0968. The Balaban J connectivity index is 0.000000239. The highest BCUT2D eigenvalue weighted by Crippen LogP contribution is 2.28. The zero-order valence-electron chi connectivity index (χ0n) is 20.2. The van der Waals surface area contributed by atoms with Crippen molar-refractivity contribution in [2.45, 2.75) is 47.0 Å². The van der Waals surface area contributed by atoms with Gasteiger partial charge in [-0.25, -0.2) is 19.3 Å². The van der Waals surface area contributed by atoms with Gasteiger partial charge in [-0.05, 0) is 88.4 Å². The third kappa shape index (κ3) is 8.06. The van der Waals surface area contributed by atoms with Crippen LogP contribution in [0, 0.1) is 33.5 Å². The lowest BCUT2D eigenvalue weighted by Crippen LogP contribution is -2.03. The maximum absolute atomic E-state index is 14.2. The summed E-state index contributed by atoms with van der Waals surface area (Å²) in [5.74, 6) is -0.275. The van der Waals surface area contributed by atoms with Crippen LogP contribution in [0.1, 0.15) is 41.8 Å². The number of hydrogen-bond donors (Lipinski definition) is 0. The highest BCUT2D eigenvalue weighted by Gasteiger charge is 2.12. The number of halogens is 2. The van der Waals surface area contributed by atoms with Gasteiger partial charge in [-0.1, -0.05) is 12.1 Å². The van der Waals surface area contributed by atoms with Gasteiger partial charge in [-0.3, -0.25) is 4.98 Å². The van der Waals surface area contributed by atoms with Crippen molar-refractivity contribution in [2.24, 2.45) is 0 Å². The number of benzene rings is 1. The molecule has 0 saturated carbocycles. The molecule has 4 aromatic rings. The van der Waals surface area contributed by atoms with Gasteiger partial charge in [-0.2, -0.15) is 0 Å². The maximum Gasteiger partial charge on any atom is 0.163 e. The summed E-state index contributed by atoms with van der Waals surface area (Å²) in [6.45, 7) is 9.74. The van der Waals surface area contributed by atoms with Crippen molar-refractivity contribution in [2.75, 3.05) is 13.2 Å². The summed E-state index contributed by atoms with van der Waals surface area (Å²) in [5, 5.41) is 0.776. The first-order valence-corrected chi connectivity index (χ1v) is 11.3. The number of hydrogen-bond acceptors (Lipinski definition) is 5. The summed E-state index contributed by atoms with van der Waals surface area (Å²) >= 11 is 0. The highest BCUT2D eigenvalue weighted by atomic mass is 127. The van der Waals surface area contributed by atoms with Crippen LogP contribution in [0.15, 0.2) is 55.0 Å². The average Bonchev–Trinajstić information content (AvgIpc) is 2.82. The van der Waals surface area contributed by atoms with E-state index in [0.717, 1.165) is 41.1 Å². The Morgan fingerprint density at radius 3 is 2.15 bits per heavy atom. The molecule has 1 saturated heterocycles. The maximum atomic E-state index is 14.2. The molecule has 1 fully saturated rings. The van der Waals surface area contributed by atoms with E-state index in [1.54, 1.807) is 12.3 Å². The average molecular weight is 574 g/mol. The Hall–Kier alpha value is -2.52. The van der Waals surface area contributed by atoms with Crippen LogP contribution in [0.25, 0.3) is 22.3 Å². The molecule has 5 rings (SSSR count). The quantitative estimate of drug-likeness (QED) is 0.230. The molecule has 4 heterocycles. The zero-order valence-corrected chi connectivity index (χ0v) is 22.5. The number of fused-ring (bicyclic) bond motifs is 1. The first kappa shape index (κ1) is 27.7. The van der Waals surface area contributed by atoms with Crippen LogP contribution in [0.2, 0.25) is 0 Å². The first-order chi connectivity index (χ1) is 16.0. The number of aryl methyl sites for hydroxylation is 4. The minimum Gasteiger partial charge on any atom is -0.381 e. The van der Waals surface area contributed by atoms with Crippen molar-refractivity contribution in [3.8, 4) is 11.3 Å². The second kappa shape index (κ2) is 14.0. The Kier molecular flexibility index (Phi) is 11.4. The molecule has 0 unspecified atom stereocenters. The van der Waals surface area contributed by atoms with Crippen LogP contribution in [0.5, 0.6) is 0 Å².